The molecule has 22 heavy (non-hydrogen) atoms. The fraction of sp³-hybridized carbons (Fsp3) is 0.312. The van der Waals surface area contributed by atoms with Crippen LogP contribution in [0, 0.1) is 18.8 Å². The number of nitrogens with zero attached hydrogens (tertiary/aromatic N) is 2. The van der Waals surface area contributed by atoms with E-state index in [9.17, 15) is 13.6 Å². The van der Waals surface area contributed by atoms with Crippen molar-refractivity contribution in [1.29, 1.82) is 0 Å². The Morgan fingerprint density at radius 1 is 1.32 bits per heavy atom. The second kappa shape index (κ2) is 5.12. The molecule has 0 bridgehead atoms. The van der Waals surface area contributed by atoms with Crippen LogP contribution in [0.1, 0.15) is 12.5 Å². The lowest BCUT2D eigenvalue weighted by Crippen LogP contribution is -2.18. The maximum atomic E-state index is 13.3. The van der Waals surface area contributed by atoms with Gasteiger partial charge in [0.2, 0.25) is 5.91 Å². The van der Waals surface area contributed by atoms with Crippen LogP contribution in [0.2, 0.25) is 0 Å². The molecule has 2 atom stereocenters. The smallest absolute Gasteiger partial charge is 0.263 e. The number of aromatic nitrogens is 2. The lowest BCUT2D eigenvalue weighted by molar-refractivity contribution is -0.119. The van der Waals surface area contributed by atoms with Gasteiger partial charge in [0.1, 0.15) is 11.7 Å². The molecule has 0 saturated heterocycles. The molecule has 2 aromatic rings. The lowest BCUT2D eigenvalue weighted by Gasteiger charge is -2.09. The number of hydrogen-bond donors (Lipinski definition) is 1. The SMILES string of the molecule is Cc1cnc(NC(=O)C2[C@H](C)C2(F)F)cc1-c1ccccn1. The van der Waals surface area contributed by atoms with Crippen LogP contribution in [-0.4, -0.2) is 21.8 Å². The number of carbonyl (C=O) groups excluding carboxylic acids is 1. The normalized spacial score (nSPS) is 22.2. The molecule has 0 aromatic carbocycles. The predicted molar refractivity (Wildman–Crippen MR) is 78.4 cm³/mol. The highest BCUT2D eigenvalue weighted by Crippen LogP contribution is 2.55. The number of rotatable bonds is 3. The molecule has 1 aliphatic carbocycles. The Kier molecular flexibility index (Phi) is 3.39. The van der Waals surface area contributed by atoms with Crippen molar-refractivity contribution in [1.82, 2.24) is 9.97 Å². The van der Waals surface area contributed by atoms with E-state index < -0.39 is 23.7 Å². The molecule has 2 aromatic heterocycles. The average molecular weight is 303 g/mol. The van der Waals surface area contributed by atoms with Crippen LogP contribution in [0.25, 0.3) is 11.3 Å². The maximum absolute atomic E-state index is 13.3. The summed E-state index contributed by atoms with van der Waals surface area (Å²) in [6, 6.07) is 7.15. The minimum absolute atomic E-state index is 0.256. The summed E-state index contributed by atoms with van der Waals surface area (Å²) in [4.78, 5) is 20.2. The summed E-state index contributed by atoms with van der Waals surface area (Å²) in [5.41, 5.74) is 2.44. The third-order valence-electron chi connectivity index (χ3n) is 3.99. The summed E-state index contributed by atoms with van der Waals surface area (Å²) in [6.45, 7) is 3.24. The standard InChI is InChI=1S/C16H15F2N3O/c1-9-8-20-13(7-11(9)12-5-3-4-6-19-12)21-15(22)14-10(2)16(14,17)18/h3-8,10,14H,1-2H3,(H,20,21,22)/t10-,14?/m0/s1. The van der Waals surface area contributed by atoms with Crippen LogP contribution in [0.5, 0.6) is 0 Å². The Morgan fingerprint density at radius 2 is 2.05 bits per heavy atom. The van der Waals surface area contributed by atoms with Gasteiger partial charge in [-0.1, -0.05) is 13.0 Å². The monoisotopic (exact) mass is 303 g/mol. The van der Waals surface area contributed by atoms with Crippen LogP contribution in [-0.2, 0) is 4.79 Å². The molecule has 114 valence electrons. The second-order valence-corrected chi connectivity index (χ2v) is 5.53. The van der Waals surface area contributed by atoms with Gasteiger partial charge in [-0.15, -0.1) is 0 Å². The predicted octanol–water partition coefficient (Wildman–Crippen LogP) is 3.29. The van der Waals surface area contributed by atoms with E-state index in [-0.39, 0.29) is 5.82 Å². The Labute approximate surface area is 126 Å². The van der Waals surface area contributed by atoms with Crippen molar-refractivity contribution in [2.24, 2.45) is 11.8 Å². The van der Waals surface area contributed by atoms with Crippen molar-refractivity contribution in [3.63, 3.8) is 0 Å². The zero-order chi connectivity index (χ0) is 15.9. The molecule has 1 amide bonds. The van der Waals surface area contributed by atoms with Gasteiger partial charge in [0.25, 0.3) is 5.92 Å². The van der Waals surface area contributed by atoms with Crippen LogP contribution < -0.4 is 5.32 Å². The highest BCUT2D eigenvalue weighted by atomic mass is 19.3. The average Bonchev–Trinajstić information content (AvgIpc) is 3.00. The van der Waals surface area contributed by atoms with Crippen molar-refractivity contribution in [2.75, 3.05) is 5.32 Å². The highest BCUT2D eigenvalue weighted by Gasteiger charge is 2.69. The molecule has 1 N–H and O–H groups in total. The molecule has 0 aliphatic heterocycles. The third-order valence-corrected chi connectivity index (χ3v) is 3.99. The summed E-state index contributed by atoms with van der Waals surface area (Å²) >= 11 is 0. The summed E-state index contributed by atoms with van der Waals surface area (Å²) < 4.78 is 26.5. The number of anilines is 1. The van der Waals surface area contributed by atoms with Crippen LogP contribution in [0.3, 0.4) is 0 Å². The summed E-state index contributed by atoms with van der Waals surface area (Å²) in [5, 5.41) is 2.47. The molecule has 4 nitrogen and oxygen atoms in total. The van der Waals surface area contributed by atoms with E-state index in [0.717, 1.165) is 16.8 Å². The second-order valence-electron chi connectivity index (χ2n) is 5.53. The van der Waals surface area contributed by atoms with Gasteiger partial charge in [-0.05, 0) is 30.7 Å². The molecular weight excluding hydrogens is 288 g/mol. The molecule has 1 aliphatic rings. The first kappa shape index (κ1) is 14.6. The van der Waals surface area contributed by atoms with Crippen LogP contribution in [0.15, 0.2) is 36.7 Å². The lowest BCUT2D eigenvalue weighted by atomic mass is 10.1. The third kappa shape index (κ3) is 2.45. The number of nitrogens with one attached hydrogen (secondary N) is 1. The maximum Gasteiger partial charge on any atom is 0.263 e. The zero-order valence-corrected chi connectivity index (χ0v) is 12.2. The van der Waals surface area contributed by atoms with Crippen LogP contribution >= 0.6 is 0 Å². The van der Waals surface area contributed by atoms with Gasteiger partial charge in [0.15, 0.2) is 0 Å². The van der Waals surface area contributed by atoms with Crippen molar-refractivity contribution >= 4 is 11.7 Å². The zero-order valence-electron chi connectivity index (χ0n) is 12.2. The molecule has 1 fully saturated rings. The summed E-state index contributed by atoms with van der Waals surface area (Å²) in [6.07, 6.45) is 3.26. The first-order valence-corrected chi connectivity index (χ1v) is 6.98. The van der Waals surface area contributed by atoms with Gasteiger partial charge in [0.05, 0.1) is 5.69 Å². The van der Waals surface area contributed by atoms with Crippen LogP contribution in [0.4, 0.5) is 14.6 Å². The van der Waals surface area contributed by atoms with E-state index in [2.05, 4.69) is 15.3 Å². The number of hydrogen-bond acceptors (Lipinski definition) is 3. The van der Waals surface area contributed by atoms with E-state index in [4.69, 9.17) is 0 Å². The Hall–Kier alpha value is -2.37. The van der Waals surface area contributed by atoms with Gasteiger partial charge in [-0.2, -0.15) is 0 Å². The number of carbonyl (C=O) groups is 1. The quantitative estimate of drug-likeness (QED) is 0.946. The number of halogens is 2. The highest BCUT2D eigenvalue weighted by molar-refractivity contribution is 5.95. The van der Waals surface area contributed by atoms with E-state index >= 15 is 0 Å². The summed E-state index contributed by atoms with van der Waals surface area (Å²) in [5.74, 6) is -5.55. The molecule has 1 unspecified atom stereocenters. The fourth-order valence-corrected chi connectivity index (χ4v) is 2.48. The van der Waals surface area contributed by atoms with Crippen molar-refractivity contribution in [3.05, 3.63) is 42.2 Å². The van der Waals surface area contributed by atoms with E-state index in [0.29, 0.717) is 0 Å². The summed E-state index contributed by atoms with van der Waals surface area (Å²) in [7, 11) is 0. The number of alkyl halides is 2. The largest absolute Gasteiger partial charge is 0.310 e. The topological polar surface area (TPSA) is 54.9 Å². The van der Waals surface area contributed by atoms with E-state index in [1.54, 1.807) is 24.5 Å². The molecule has 1 saturated carbocycles. The number of pyridine rings is 2. The molecule has 3 rings (SSSR count). The molecule has 6 heteroatoms. The first-order valence-electron chi connectivity index (χ1n) is 6.98. The van der Waals surface area contributed by atoms with Gasteiger partial charge in [-0.3, -0.25) is 9.78 Å². The van der Waals surface area contributed by atoms with Gasteiger partial charge < -0.3 is 5.32 Å². The minimum Gasteiger partial charge on any atom is -0.310 e. The molecule has 2 heterocycles. The number of aryl methyl sites for hydroxylation is 1. The van der Waals surface area contributed by atoms with E-state index in [1.807, 2.05) is 19.1 Å². The first-order chi connectivity index (χ1) is 10.4. The molecule has 0 spiro atoms. The van der Waals surface area contributed by atoms with Crippen molar-refractivity contribution < 1.29 is 13.6 Å². The van der Waals surface area contributed by atoms with E-state index in [1.165, 1.54) is 6.92 Å². The Morgan fingerprint density at radius 3 is 2.64 bits per heavy atom. The van der Waals surface area contributed by atoms with Crippen molar-refractivity contribution in [3.8, 4) is 11.3 Å². The fourth-order valence-electron chi connectivity index (χ4n) is 2.48. The van der Waals surface area contributed by atoms with Gasteiger partial charge in [0, 0.05) is 23.9 Å². The Balaban J connectivity index is 1.83. The minimum atomic E-state index is -2.92. The van der Waals surface area contributed by atoms with Gasteiger partial charge in [-0.25, -0.2) is 13.8 Å². The van der Waals surface area contributed by atoms with Gasteiger partial charge >= 0.3 is 0 Å². The molecular formula is C16H15F2N3O. The Bertz CT molecular complexity index is 719. The molecule has 0 radical (unpaired) electrons. The number of amides is 1. The van der Waals surface area contributed by atoms with Crippen molar-refractivity contribution in [2.45, 2.75) is 19.8 Å².